The molecule has 0 bridgehead atoms. The fourth-order valence-corrected chi connectivity index (χ4v) is 3.97. The fraction of sp³-hybridized carbons (Fsp3) is 0.400. The van der Waals surface area contributed by atoms with E-state index in [9.17, 15) is 35.7 Å². The van der Waals surface area contributed by atoms with Crippen molar-refractivity contribution in [2.24, 2.45) is 4.99 Å². The van der Waals surface area contributed by atoms with Crippen molar-refractivity contribution < 1.29 is 35.7 Å². The van der Waals surface area contributed by atoms with E-state index in [1.54, 1.807) is 14.0 Å². The first-order chi connectivity index (χ1) is 12.8. The molecule has 158 valence electrons. The zero-order valence-electron chi connectivity index (χ0n) is 14.6. The molecule has 0 saturated heterocycles. The minimum absolute atomic E-state index is 0.0202. The second-order valence-electron chi connectivity index (χ2n) is 5.33. The van der Waals surface area contributed by atoms with Gasteiger partial charge in [0.1, 0.15) is 4.24 Å². The Morgan fingerprint density at radius 2 is 1.68 bits per heavy atom. The molecule has 1 aromatic rings. The lowest BCUT2D eigenvalue weighted by atomic mass is 9.92. The van der Waals surface area contributed by atoms with Gasteiger partial charge in [0.25, 0.3) is 5.60 Å². The van der Waals surface area contributed by atoms with Gasteiger partial charge in [-0.3, -0.25) is 4.99 Å². The third-order valence-electron chi connectivity index (χ3n) is 3.38. The van der Waals surface area contributed by atoms with E-state index in [0.29, 0.717) is 23.7 Å². The molecule has 13 heteroatoms. The van der Waals surface area contributed by atoms with Crippen LogP contribution in [0.5, 0.6) is 0 Å². The standard InChI is InChI=1S/C15H17F6N3O2S2/c1-9(23-3)12(27-8-22-2)28(26)24-11-6-4-10(5-7-11)13(25,14(16,17)18)15(19,20)21/h4-7,22,24-25H,3,8H2,1-2H3/b12-9+. The lowest BCUT2D eigenvalue weighted by molar-refractivity contribution is -0.376. The highest BCUT2D eigenvalue weighted by molar-refractivity contribution is 8.16. The summed E-state index contributed by atoms with van der Waals surface area (Å²) >= 11 is 1.13. The van der Waals surface area contributed by atoms with Crippen molar-refractivity contribution in [1.29, 1.82) is 0 Å². The first kappa shape index (κ1) is 24.5. The van der Waals surface area contributed by atoms with Crippen molar-refractivity contribution in [2.75, 3.05) is 17.6 Å². The molecule has 1 aromatic carbocycles. The SMILES string of the molecule is C=N/C(C)=C(\SCNC)S(=O)Nc1ccc(C(O)(C(F)(F)F)C(F)(F)F)cc1. The van der Waals surface area contributed by atoms with E-state index in [1.165, 1.54) is 0 Å². The summed E-state index contributed by atoms with van der Waals surface area (Å²) in [5.74, 6) is 0.374. The summed E-state index contributed by atoms with van der Waals surface area (Å²) in [5, 5.41) is 12.2. The van der Waals surface area contributed by atoms with Gasteiger partial charge in [-0.05, 0) is 32.8 Å². The van der Waals surface area contributed by atoms with Crippen LogP contribution in [0.3, 0.4) is 0 Å². The normalized spacial score (nSPS) is 15.0. The van der Waals surface area contributed by atoms with Gasteiger partial charge < -0.3 is 15.1 Å². The molecule has 0 aliphatic heterocycles. The van der Waals surface area contributed by atoms with Crippen LogP contribution in [0.1, 0.15) is 12.5 Å². The molecule has 5 nitrogen and oxygen atoms in total. The van der Waals surface area contributed by atoms with Crippen molar-refractivity contribution in [3.05, 3.63) is 39.8 Å². The molecule has 1 unspecified atom stereocenters. The van der Waals surface area contributed by atoms with Gasteiger partial charge in [-0.15, -0.1) is 0 Å². The smallest absolute Gasteiger partial charge is 0.369 e. The Labute approximate surface area is 163 Å². The summed E-state index contributed by atoms with van der Waals surface area (Å²) in [5.41, 5.74) is -6.11. The molecule has 0 aliphatic carbocycles. The van der Waals surface area contributed by atoms with Gasteiger partial charge in [0.05, 0.1) is 5.70 Å². The van der Waals surface area contributed by atoms with Gasteiger partial charge in [-0.1, -0.05) is 23.9 Å². The maximum atomic E-state index is 12.9. The number of thioether (sulfide) groups is 1. The predicted molar refractivity (Wildman–Crippen MR) is 98.0 cm³/mol. The first-order valence-electron chi connectivity index (χ1n) is 7.39. The fourth-order valence-electron chi connectivity index (χ4n) is 1.92. The highest BCUT2D eigenvalue weighted by Gasteiger charge is 2.71. The summed E-state index contributed by atoms with van der Waals surface area (Å²) in [4.78, 5) is 3.67. The van der Waals surface area contributed by atoms with Crippen molar-refractivity contribution in [3.8, 4) is 0 Å². The van der Waals surface area contributed by atoms with Gasteiger partial charge in [0, 0.05) is 17.1 Å². The molecule has 0 radical (unpaired) electrons. The number of anilines is 1. The Morgan fingerprint density at radius 1 is 1.18 bits per heavy atom. The number of alkyl halides is 6. The van der Waals surface area contributed by atoms with Crippen molar-refractivity contribution in [3.63, 3.8) is 0 Å². The highest BCUT2D eigenvalue weighted by atomic mass is 32.2. The van der Waals surface area contributed by atoms with Gasteiger partial charge in [0.15, 0.2) is 11.0 Å². The average molecular weight is 449 g/mol. The van der Waals surface area contributed by atoms with E-state index in [1.807, 2.05) is 0 Å². The second-order valence-corrected chi connectivity index (χ2v) is 7.72. The largest absolute Gasteiger partial charge is 0.430 e. The number of benzene rings is 1. The Balaban J connectivity index is 3.16. The summed E-state index contributed by atoms with van der Waals surface area (Å²) in [7, 11) is -0.239. The quantitative estimate of drug-likeness (QED) is 0.320. The van der Waals surface area contributed by atoms with Gasteiger partial charge in [0.2, 0.25) is 0 Å². The highest BCUT2D eigenvalue weighted by Crippen LogP contribution is 2.50. The molecule has 0 aliphatic rings. The van der Waals surface area contributed by atoms with E-state index in [2.05, 4.69) is 21.7 Å². The van der Waals surface area contributed by atoms with Crippen LogP contribution in [0.15, 0.2) is 39.2 Å². The molecule has 0 amide bonds. The summed E-state index contributed by atoms with van der Waals surface area (Å²) in [6.07, 6.45) is -12.0. The van der Waals surface area contributed by atoms with Gasteiger partial charge in [-0.2, -0.15) is 26.3 Å². The van der Waals surface area contributed by atoms with Gasteiger partial charge in [-0.25, -0.2) is 4.21 Å². The predicted octanol–water partition coefficient (Wildman–Crippen LogP) is 3.87. The van der Waals surface area contributed by atoms with Crippen LogP contribution in [0.4, 0.5) is 32.0 Å². The molecule has 28 heavy (non-hydrogen) atoms. The van der Waals surface area contributed by atoms with E-state index in [0.717, 1.165) is 23.9 Å². The molecule has 1 rings (SSSR count). The van der Waals surface area contributed by atoms with Crippen molar-refractivity contribution in [1.82, 2.24) is 5.32 Å². The minimum Gasteiger partial charge on any atom is -0.369 e. The number of nitrogens with one attached hydrogen (secondary N) is 2. The zero-order valence-corrected chi connectivity index (χ0v) is 16.2. The molecular weight excluding hydrogens is 432 g/mol. The minimum atomic E-state index is -5.98. The molecule has 3 N–H and O–H groups in total. The average Bonchev–Trinajstić information content (AvgIpc) is 2.59. The van der Waals surface area contributed by atoms with E-state index >= 15 is 0 Å². The van der Waals surface area contributed by atoms with Crippen LogP contribution in [0.25, 0.3) is 0 Å². The monoisotopic (exact) mass is 449 g/mol. The maximum Gasteiger partial charge on any atom is 0.430 e. The third-order valence-corrected chi connectivity index (χ3v) is 6.23. The number of hydrogen-bond donors (Lipinski definition) is 3. The van der Waals surface area contributed by atoms with Crippen molar-refractivity contribution in [2.45, 2.75) is 24.9 Å². The number of allylic oxidation sites excluding steroid dienone is 1. The molecule has 0 aromatic heterocycles. The number of aliphatic hydroxyl groups is 1. The van der Waals surface area contributed by atoms with Crippen LogP contribution < -0.4 is 10.0 Å². The molecule has 0 heterocycles. The Bertz CT molecular complexity index is 734. The lowest BCUT2D eigenvalue weighted by Gasteiger charge is -2.32. The van der Waals surface area contributed by atoms with Crippen molar-refractivity contribution >= 4 is 35.2 Å². The van der Waals surface area contributed by atoms with Crippen LogP contribution in [-0.4, -0.2) is 41.3 Å². The molecular formula is C15H17F6N3O2S2. The molecule has 0 spiro atoms. The van der Waals surface area contributed by atoms with E-state index in [-0.39, 0.29) is 9.92 Å². The topological polar surface area (TPSA) is 73.7 Å². The second kappa shape index (κ2) is 9.29. The number of nitrogens with zero attached hydrogens (tertiary/aromatic N) is 1. The summed E-state index contributed by atoms with van der Waals surface area (Å²) < 4.78 is 92.4. The van der Waals surface area contributed by atoms with E-state index < -0.39 is 34.5 Å². The summed E-state index contributed by atoms with van der Waals surface area (Å²) in [6.45, 7) is 4.86. The summed E-state index contributed by atoms with van der Waals surface area (Å²) in [6, 6.07) is 2.63. The Morgan fingerprint density at radius 3 is 2.07 bits per heavy atom. The molecule has 0 saturated carbocycles. The van der Waals surface area contributed by atoms with Crippen LogP contribution in [0.2, 0.25) is 0 Å². The maximum absolute atomic E-state index is 12.9. The number of aliphatic imine (C=N–C) groups is 1. The first-order valence-corrected chi connectivity index (χ1v) is 9.53. The third kappa shape index (κ3) is 5.27. The van der Waals surface area contributed by atoms with Gasteiger partial charge >= 0.3 is 12.4 Å². The van der Waals surface area contributed by atoms with E-state index in [4.69, 9.17) is 0 Å². The lowest BCUT2D eigenvalue weighted by Crippen LogP contribution is -2.53. The Kier molecular flexibility index (Phi) is 8.11. The van der Waals surface area contributed by atoms with Crippen LogP contribution in [0, 0.1) is 0 Å². The number of rotatable bonds is 8. The number of halogens is 6. The zero-order chi connectivity index (χ0) is 21.8. The number of hydrogen-bond acceptors (Lipinski definition) is 5. The molecule has 0 fully saturated rings. The Hall–Kier alpha value is -1.57. The molecule has 1 atom stereocenters. The van der Waals surface area contributed by atoms with Crippen LogP contribution >= 0.6 is 11.8 Å². The van der Waals surface area contributed by atoms with Crippen LogP contribution in [-0.2, 0) is 16.6 Å².